The minimum absolute atomic E-state index is 0.0394. The molecular formula is C20H23NO5. The van der Waals surface area contributed by atoms with Gasteiger partial charge in [0, 0.05) is 11.6 Å². The van der Waals surface area contributed by atoms with Gasteiger partial charge in [-0.3, -0.25) is 9.59 Å². The number of carboxylic acid groups (broad SMARTS) is 1. The van der Waals surface area contributed by atoms with Crippen molar-refractivity contribution in [3.63, 3.8) is 0 Å². The van der Waals surface area contributed by atoms with E-state index in [1.165, 1.54) is 0 Å². The maximum atomic E-state index is 12.4. The predicted molar refractivity (Wildman–Crippen MR) is 95.4 cm³/mol. The highest BCUT2D eigenvalue weighted by Gasteiger charge is 2.29. The number of aliphatic carboxylic acids is 1. The van der Waals surface area contributed by atoms with Crippen LogP contribution >= 0.6 is 0 Å². The van der Waals surface area contributed by atoms with E-state index in [0.717, 1.165) is 17.0 Å². The van der Waals surface area contributed by atoms with Crippen molar-refractivity contribution < 1.29 is 23.8 Å². The molecule has 6 nitrogen and oxygen atoms in total. The minimum atomic E-state index is -0.758. The molecule has 1 amide bonds. The third-order valence-electron chi connectivity index (χ3n) is 4.73. The van der Waals surface area contributed by atoms with Gasteiger partial charge in [-0.2, -0.15) is 0 Å². The van der Waals surface area contributed by atoms with Gasteiger partial charge in [0.05, 0.1) is 18.8 Å². The van der Waals surface area contributed by atoms with Crippen molar-refractivity contribution in [2.24, 2.45) is 11.8 Å². The lowest BCUT2D eigenvalue weighted by atomic mass is 9.81. The summed E-state index contributed by atoms with van der Waals surface area (Å²) in [5.41, 5.74) is 1.69. The van der Waals surface area contributed by atoms with Crippen LogP contribution in [0, 0.1) is 11.8 Å². The third kappa shape index (κ3) is 4.95. The molecule has 1 aliphatic rings. The van der Waals surface area contributed by atoms with Crippen molar-refractivity contribution in [3.8, 4) is 0 Å². The molecule has 138 valence electrons. The largest absolute Gasteiger partial charge is 0.481 e. The van der Waals surface area contributed by atoms with E-state index in [0.29, 0.717) is 38.9 Å². The number of hydrogen-bond acceptors (Lipinski definition) is 4. The highest BCUT2D eigenvalue weighted by molar-refractivity contribution is 5.92. The van der Waals surface area contributed by atoms with Crippen LogP contribution in [-0.4, -0.2) is 17.0 Å². The first kappa shape index (κ1) is 18.2. The van der Waals surface area contributed by atoms with Gasteiger partial charge in [-0.05, 0) is 55.5 Å². The Balaban J connectivity index is 1.48. The first-order valence-corrected chi connectivity index (χ1v) is 8.84. The second kappa shape index (κ2) is 8.67. The van der Waals surface area contributed by atoms with Gasteiger partial charge < -0.3 is 19.6 Å². The van der Waals surface area contributed by atoms with E-state index in [4.69, 9.17) is 14.3 Å². The topological polar surface area (TPSA) is 88.8 Å². The van der Waals surface area contributed by atoms with Crippen LogP contribution in [-0.2, 0) is 27.5 Å². The van der Waals surface area contributed by atoms with Gasteiger partial charge in [0.15, 0.2) is 0 Å². The molecule has 2 aromatic rings. The molecule has 1 aromatic heterocycles. The SMILES string of the molecule is O=C(O)C1CCC(C(=O)Nc2cccc(COCc3ccco3)c2)CC1. The third-order valence-corrected chi connectivity index (χ3v) is 4.73. The van der Waals surface area contributed by atoms with Crippen molar-refractivity contribution in [1.82, 2.24) is 0 Å². The lowest BCUT2D eigenvalue weighted by Gasteiger charge is -2.25. The molecule has 0 unspecified atom stereocenters. The number of nitrogens with one attached hydrogen (secondary N) is 1. The predicted octanol–water partition coefficient (Wildman–Crippen LogP) is 3.83. The fraction of sp³-hybridized carbons (Fsp3) is 0.400. The number of hydrogen-bond donors (Lipinski definition) is 2. The van der Waals surface area contributed by atoms with E-state index in [1.807, 2.05) is 36.4 Å². The molecule has 1 saturated carbocycles. The Morgan fingerprint density at radius 1 is 1.08 bits per heavy atom. The second-order valence-electron chi connectivity index (χ2n) is 6.65. The summed E-state index contributed by atoms with van der Waals surface area (Å²) in [6, 6.07) is 11.2. The van der Waals surface area contributed by atoms with Crippen LogP contribution in [0.25, 0.3) is 0 Å². The standard InChI is InChI=1S/C20H23NO5/c22-19(15-6-8-16(9-7-15)20(23)24)21-17-4-1-3-14(11-17)12-25-13-18-5-2-10-26-18/h1-5,10-11,15-16H,6-9,12-13H2,(H,21,22)(H,23,24). The number of anilines is 1. The second-order valence-corrected chi connectivity index (χ2v) is 6.65. The van der Waals surface area contributed by atoms with Gasteiger partial charge in [-0.1, -0.05) is 12.1 Å². The summed E-state index contributed by atoms with van der Waals surface area (Å²) in [7, 11) is 0. The Hall–Kier alpha value is -2.60. The number of carbonyl (C=O) groups is 2. The van der Waals surface area contributed by atoms with Crippen LogP contribution in [0.1, 0.15) is 37.0 Å². The van der Waals surface area contributed by atoms with Crippen molar-refractivity contribution >= 4 is 17.6 Å². The normalized spacial score (nSPS) is 19.8. The number of carbonyl (C=O) groups excluding carboxylic acids is 1. The molecule has 1 fully saturated rings. The molecule has 3 rings (SSSR count). The average Bonchev–Trinajstić information content (AvgIpc) is 3.15. The van der Waals surface area contributed by atoms with E-state index in [1.54, 1.807) is 6.26 Å². The van der Waals surface area contributed by atoms with Gasteiger partial charge in [0.1, 0.15) is 12.4 Å². The monoisotopic (exact) mass is 357 g/mol. The quantitative estimate of drug-likeness (QED) is 0.786. The zero-order valence-electron chi connectivity index (χ0n) is 14.5. The number of carboxylic acids is 1. The average molecular weight is 357 g/mol. The van der Waals surface area contributed by atoms with Crippen molar-refractivity contribution in [3.05, 3.63) is 54.0 Å². The Morgan fingerprint density at radius 2 is 1.85 bits per heavy atom. The minimum Gasteiger partial charge on any atom is -0.481 e. The number of furan rings is 1. The van der Waals surface area contributed by atoms with Gasteiger partial charge in [0.25, 0.3) is 0 Å². The Kier molecular flexibility index (Phi) is 6.07. The van der Waals surface area contributed by atoms with E-state index in [9.17, 15) is 9.59 Å². The molecular weight excluding hydrogens is 334 g/mol. The van der Waals surface area contributed by atoms with Crippen LogP contribution in [0.15, 0.2) is 47.1 Å². The fourth-order valence-electron chi connectivity index (χ4n) is 3.25. The van der Waals surface area contributed by atoms with E-state index in [2.05, 4.69) is 5.32 Å². The van der Waals surface area contributed by atoms with E-state index in [-0.39, 0.29) is 17.7 Å². The molecule has 26 heavy (non-hydrogen) atoms. The van der Waals surface area contributed by atoms with Gasteiger partial charge in [-0.25, -0.2) is 0 Å². The molecule has 6 heteroatoms. The van der Waals surface area contributed by atoms with Crippen LogP contribution in [0.4, 0.5) is 5.69 Å². The summed E-state index contributed by atoms with van der Waals surface area (Å²) < 4.78 is 10.8. The van der Waals surface area contributed by atoms with Gasteiger partial charge in [0.2, 0.25) is 5.91 Å². The summed E-state index contributed by atoms with van der Waals surface area (Å²) >= 11 is 0. The molecule has 0 spiro atoms. The van der Waals surface area contributed by atoms with E-state index < -0.39 is 5.97 Å². The number of ether oxygens (including phenoxy) is 1. The number of benzene rings is 1. The lowest BCUT2D eigenvalue weighted by Crippen LogP contribution is -2.29. The highest BCUT2D eigenvalue weighted by atomic mass is 16.5. The molecule has 0 saturated heterocycles. The molecule has 0 radical (unpaired) electrons. The Labute approximate surface area is 152 Å². The first-order valence-electron chi connectivity index (χ1n) is 8.84. The highest BCUT2D eigenvalue weighted by Crippen LogP contribution is 2.30. The van der Waals surface area contributed by atoms with Crippen LogP contribution in [0.5, 0.6) is 0 Å². The van der Waals surface area contributed by atoms with Crippen molar-refractivity contribution in [2.45, 2.75) is 38.9 Å². The Bertz CT molecular complexity index is 732. The first-order chi connectivity index (χ1) is 12.6. The summed E-state index contributed by atoms with van der Waals surface area (Å²) in [5, 5.41) is 12.0. The molecule has 1 aromatic carbocycles. The van der Waals surface area contributed by atoms with Crippen LogP contribution in [0.2, 0.25) is 0 Å². The van der Waals surface area contributed by atoms with E-state index >= 15 is 0 Å². The van der Waals surface area contributed by atoms with Gasteiger partial charge >= 0.3 is 5.97 Å². The molecule has 2 N–H and O–H groups in total. The molecule has 0 bridgehead atoms. The van der Waals surface area contributed by atoms with Gasteiger partial charge in [-0.15, -0.1) is 0 Å². The number of amides is 1. The summed E-state index contributed by atoms with van der Waals surface area (Å²) in [6.07, 6.45) is 3.98. The number of rotatable bonds is 7. The maximum Gasteiger partial charge on any atom is 0.306 e. The van der Waals surface area contributed by atoms with Crippen molar-refractivity contribution in [1.29, 1.82) is 0 Å². The Morgan fingerprint density at radius 3 is 2.54 bits per heavy atom. The zero-order chi connectivity index (χ0) is 18.4. The lowest BCUT2D eigenvalue weighted by molar-refractivity contribution is -0.143. The smallest absolute Gasteiger partial charge is 0.306 e. The molecule has 0 aliphatic heterocycles. The van der Waals surface area contributed by atoms with Crippen LogP contribution < -0.4 is 5.32 Å². The maximum absolute atomic E-state index is 12.4. The summed E-state index contributed by atoms with van der Waals surface area (Å²) in [4.78, 5) is 23.4. The zero-order valence-corrected chi connectivity index (χ0v) is 14.5. The summed E-state index contributed by atoms with van der Waals surface area (Å²) in [6.45, 7) is 0.824. The molecule has 0 atom stereocenters. The molecule has 1 aliphatic carbocycles. The fourth-order valence-corrected chi connectivity index (χ4v) is 3.25. The summed E-state index contributed by atoms with van der Waals surface area (Å²) in [5.74, 6) is -0.460. The molecule has 1 heterocycles. The van der Waals surface area contributed by atoms with Crippen LogP contribution in [0.3, 0.4) is 0 Å². The van der Waals surface area contributed by atoms with Crippen molar-refractivity contribution in [2.75, 3.05) is 5.32 Å².